The summed E-state index contributed by atoms with van der Waals surface area (Å²) >= 11 is 0. The van der Waals surface area contributed by atoms with Crippen LogP contribution in [-0.4, -0.2) is 33.8 Å². The van der Waals surface area contributed by atoms with Crippen LogP contribution in [0.4, 0.5) is 0 Å². The van der Waals surface area contributed by atoms with Gasteiger partial charge in [-0.1, -0.05) is 27.7 Å². The average molecular weight is 236 g/mol. The molecule has 2 N–H and O–H groups in total. The molecule has 0 aliphatic rings. The van der Waals surface area contributed by atoms with Crippen LogP contribution in [0.15, 0.2) is 0 Å². The molecule has 15 heavy (non-hydrogen) atoms. The molecule has 0 atom stereocenters. The van der Waals surface area contributed by atoms with Crippen LogP contribution in [0.2, 0.25) is 0 Å². The van der Waals surface area contributed by atoms with Gasteiger partial charge in [-0.05, 0) is 18.4 Å². The van der Waals surface area contributed by atoms with Gasteiger partial charge in [-0.25, -0.2) is 13.1 Å². The van der Waals surface area contributed by atoms with Gasteiger partial charge in [-0.3, -0.25) is 0 Å². The van der Waals surface area contributed by atoms with Gasteiger partial charge in [-0.2, -0.15) is 0 Å². The van der Waals surface area contributed by atoms with Gasteiger partial charge in [0.2, 0.25) is 10.0 Å². The molecule has 0 aliphatic carbocycles. The average Bonchev–Trinajstić information content (AvgIpc) is 2.00. The van der Waals surface area contributed by atoms with E-state index >= 15 is 0 Å². The molecule has 0 bridgehead atoms. The fourth-order valence-electron chi connectivity index (χ4n) is 1.09. The van der Waals surface area contributed by atoms with Crippen molar-refractivity contribution in [2.45, 2.75) is 34.1 Å². The molecule has 0 fully saturated rings. The Kier molecular flexibility index (Phi) is 6.40. The van der Waals surface area contributed by atoms with Gasteiger partial charge >= 0.3 is 0 Å². The second-order valence-corrected chi connectivity index (χ2v) is 6.80. The van der Waals surface area contributed by atoms with E-state index in [1.807, 2.05) is 0 Å². The molecule has 92 valence electrons. The molecule has 0 aromatic heterocycles. The molecule has 0 aromatic carbocycles. The molecular weight excluding hydrogens is 212 g/mol. The lowest BCUT2D eigenvalue weighted by atomic mass is 9.92. The van der Waals surface area contributed by atoms with Crippen LogP contribution in [0.5, 0.6) is 0 Å². The summed E-state index contributed by atoms with van der Waals surface area (Å²) in [6.07, 6.45) is 1.05. The predicted octanol–water partition coefficient (Wildman–Crippen LogP) is 0.951. The highest BCUT2D eigenvalue weighted by Crippen LogP contribution is 2.16. The Labute approximate surface area is 93.9 Å². The van der Waals surface area contributed by atoms with E-state index in [2.05, 4.69) is 30.8 Å². The number of hydrogen-bond donors (Lipinski definition) is 2. The summed E-state index contributed by atoms with van der Waals surface area (Å²) in [4.78, 5) is 0. The van der Waals surface area contributed by atoms with Crippen molar-refractivity contribution >= 4 is 10.0 Å². The first-order valence-corrected chi connectivity index (χ1v) is 7.10. The third kappa shape index (κ3) is 10.2. The molecule has 0 saturated carbocycles. The van der Waals surface area contributed by atoms with E-state index < -0.39 is 10.0 Å². The third-order valence-corrected chi connectivity index (χ3v) is 3.43. The van der Waals surface area contributed by atoms with E-state index in [4.69, 9.17) is 0 Å². The van der Waals surface area contributed by atoms with Gasteiger partial charge in [0.05, 0.1) is 5.75 Å². The summed E-state index contributed by atoms with van der Waals surface area (Å²) in [5, 5.41) is 3.14. The Morgan fingerprint density at radius 1 is 1.13 bits per heavy atom. The molecule has 4 nitrogen and oxygen atoms in total. The molecule has 0 spiro atoms. The second-order valence-electron chi connectivity index (χ2n) is 4.88. The van der Waals surface area contributed by atoms with Crippen molar-refractivity contribution in [2.24, 2.45) is 5.41 Å². The normalized spacial score (nSPS) is 13.1. The third-order valence-electron chi connectivity index (χ3n) is 1.96. The van der Waals surface area contributed by atoms with Gasteiger partial charge in [-0.15, -0.1) is 0 Å². The van der Waals surface area contributed by atoms with Crippen molar-refractivity contribution in [2.75, 3.05) is 25.4 Å². The summed E-state index contributed by atoms with van der Waals surface area (Å²) < 4.78 is 24.9. The van der Waals surface area contributed by atoms with E-state index in [1.54, 1.807) is 6.92 Å². The highest BCUT2D eigenvalue weighted by atomic mass is 32.2. The zero-order valence-electron chi connectivity index (χ0n) is 10.3. The smallest absolute Gasteiger partial charge is 0.212 e. The Balaban J connectivity index is 3.55. The van der Waals surface area contributed by atoms with Crippen molar-refractivity contribution in [1.82, 2.24) is 10.0 Å². The minimum atomic E-state index is -3.06. The summed E-state index contributed by atoms with van der Waals surface area (Å²) in [7, 11) is -3.06. The van der Waals surface area contributed by atoms with Crippen molar-refractivity contribution < 1.29 is 8.42 Å². The molecule has 0 heterocycles. The van der Waals surface area contributed by atoms with E-state index in [9.17, 15) is 8.42 Å². The molecule has 0 amide bonds. The lowest BCUT2D eigenvalue weighted by Crippen LogP contribution is -2.32. The van der Waals surface area contributed by atoms with Crippen LogP contribution in [0, 0.1) is 5.41 Å². The van der Waals surface area contributed by atoms with E-state index in [0.717, 1.165) is 13.0 Å². The maximum absolute atomic E-state index is 11.2. The van der Waals surface area contributed by atoms with Gasteiger partial charge in [0.15, 0.2) is 0 Å². The Morgan fingerprint density at radius 2 is 1.73 bits per heavy atom. The summed E-state index contributed by atoms with van der Waals surface area (Å²) in [5.74, 6) is 0.158. The summed E-state index contributed by atoms with van der Waals surface area (Å²) in [6.45, 7) is 10.1. The fourth-order valence-corrected chi connectivity index (χ4v) is 2.08. The zero-order chi connectivity index (χ0) is 11.9. The minimum Gasteiger partial charge on any atom is -0.316 e. The maximum Gasteiger partial charge on any atom is 0.212 e. The first kappa shape index (κ1) is 14.9. The molecular formula is C10H24N2O2S. The zero-order valence-corrected chi connectivity index (χ0v) is 11.1. The molecule has 0 unspecified atom stereocenters. The number of nitrogens with one attached hydrogen (secondary N) is 2. The predicted molar refractivity (Wildman–Crippen MR) is 64.4 cm³/mol. The van der Waals surface area contributed by atoms with Crippen molar-refractivity contribution in [3.63, 3.8) is 0 Å². The minimum absolute atomic E-state index is 0.158. The number of sulfonamides is 1. The Bertz CT molecular complexity index is 255. The Morgan fingerprint density at radius 3 is 2.20 bits per heavy atom. The number of rotatable bonds is 7. The van der Waals surface area contributed by atoms with Crippen molar-refractivity contribution in [3.8, 4) is 0 Å². The molecule has 0 saturated heterocycles. The highest BCUT2D eigenvalue weighted by molar-refractivity contribution is 7.89. The summed E-state index contributed by atoms with van der Waals surface area (Å²) in [6, 6.07) is 0. The fraction of sp³-hybridized carbons (Fsp3) is 1.00. The first-order chi connectivity index (χ1) is 6.77. The van der Waals surface area contributed by atoms with E-state index in [0.29, 0.717) is 18.5 Å². The van der Waals surface area contributed by atoms with E-state index in [-0.39, 0.29) is 5.75 Å². The van der Waals surface area contributed by atoms with Crippen LogP contribution in [0.1, 0.15) is 34.1 Å². The Hall–Kier alpha value is -0.130. The standard InChI is InChI=1S/C10H24N2O2S/c1-5-12-15(13,14)9-8-11-7-6-10(2,3)4/h11-12H,5-9H2,1-4H3. The highest BCUT2D eigenvalue weighted by Gasteiger charge is 2.10. The van der Waals surface area contributed by atoms with E-state index in [1.165, 1.54) is 0 Å². The molecule has 0 aromatic rings. The summed E-state index contributed by atoms with van der Waals surface area (Å²) in [5.41, 5.74) is 0.299. The van der Waals surface area contributed by atoms with Crippen molar-refractivity contribution in [1.29, 1.82) is 0 Å². The lowest BCUT2D eigenvalue weighted by Gasteiger charge is -2.18. The molecule has 0 radical (unpaired) electrons. The van der Waals surface area contributed by atoms with Gasteiger partial charge in [0.25, 0.3) is 0 Å². The van der Waals surface area contributed by atoms with Gasteiger partial charge in [0.1, 0.15) is 0 Å². The molecule has 5 heteroatoms. The monoisotopic (exact) mass is 236 g/mol. The van der Waals surface area contributed by atoms with Gasteiger partial charge < -0.3 is 5.32 Å². The van der Waals surface area contributed by atoms with Crippen LogP contribution >= 0.6 is 0 Å². The topological polar surface area (TPSA) is 58.2 Å². The lowest BCUT2D eigenvalue weighted by molar-refractivity contribution is 0.369. The quantitative estimate of drug-likeness (QED) is 0.647. The SMILES string of the molecule is CCNS(=O)(=O)CCNCCC(C)(C)C. The maximum atomic E-state index is 11.2. The van der Waals surface area contributed by atoms with Crippen LogP contribution in [0.25, 0.3) is 0 Å². The van der Waals surface area contributed by atoms with Crippen LogP contribution < -0.4 is 10.0 Å². The van der Waals surface area contributed by atoms with Crippen LogP contribution in [-0.2, 0) is 10.0 Å². The second kappa shape index (κ2) is 6.45. The number of hydrogen-bond acceptors (Lipinski definition) is 3. The molecule has 0 aliphatic heterocycles. The van der Waals surface area contributed by atoms with Crippen LogP contribution in [0.3, 0.4) is 0 Å². The largest absolute Gasteiger partial charge is 0.316 e. The van der Waals surface area contributed by atoms with Crippen molar-refractivity contribution in [3.05, 3.63) is 0 Å². The van der Waals surface area contributed by atoms with Gasteiger partial charge in [0, 0.05) is 13.1 Å². The first-order valence-electron chi connectivity index (χ1n) is 5.45. The molecule has 0 rings (SSSR count).